The van der Waals surface area contributed by atoms with Crippen LogP contribution in [0.3, 0.4) is 0 Å². The van der Waals surface area contributed by atoms with Crippen LogP contribution in [0.15, 0.2) is 18.2 Å². The van der Waals surface area contributed by atoms with Crippen LogP contribution in [0.2, 0.25) is 0 Å². The number of hydrogen-bond acceptors (Lipinski definition) is 3. The number of likely N-dealkylation sites (tertiary alicyclic amines) is 1. The van der Waals surface area contributed by atoms with Crippen LogP contribution in [-0.4, -0.2) is 29.2 Å². The third-order valence-electron chi connectivity index (χ3n) is 4.53. The fourth-order valence-corrected chi connectivity index (χ4v) is 3.48. The SMILES string of the molecule is CC(C)(C)OC(=O)N1C[C@@]2(c3cc(F)ccc3F)C[C@H]2[C@H]1C#N. The molecule has 3 atom stereocenters. The van der Waals surface area contributed by atoms with Crippen LogP contribution in [0.1, 0.15) is 32.8 Å². The molecule has 0 bridgehead atoms. The molecule has 1 aliphatic carbocycles. The molecule has 0 N–H and O–H groups in total. The van der Waals surface area contributed by atoms with Crippen molar-refractivity contribution >= 4 is 6.09 Å². The molecule has 0 unspecified atom stereocenters. The quantitative estimate of drug-likeness (QED) is 0.797. The fourth-order valence-electron chi connectivity index (χ4n) is 3.48. The Labute approximate surface area is 133 Å². The molecule has 0 radical (unpaired) electrons. The molecule has 1 aromatic rings. The Hall–Kier alpha value is -2.16. The normalized spacial score (nSPS) is 29.0. The zero-order valence-corrected chi connectivity index (χ0v) is 13.3. The molecule has 1 aliphatic heterocycles. The van der Waals surface area contributed by atoms with Gasteiger partial charge in [0.05, 0.1) is 6.07 Å². The van der Waals surface area contributed by atoms with E-state index in [1.54, 1.807) is 20.8 Å². The van der Waals surface area contributed by atoms with Gasteiger partial charge in [0.1, 0.15) is 23.3 Å². The summed E-state index contributed by atoms with van der Waals surface area (Å²) >= 11 is 0. The van der Waals surface area contributed by atoms with E-state index in [4.69, 9.17) is 4.74 Å². The monoisotopic (exact) mass is 320 g/mol. The van der Waals surface area contributed by atoms with Gasteiger partial charge >= 0.3 is 6.09 Å². The third-order valence-corrected chi connectivity index (χ3v) is 4.53. The summed E-state index contributed by atoms with van der Waals surface area (Å²) in [6.45, 7) is 5.40. The van der Waals surface area contributed by atoms with Crippen molar-refractivity contribution in [3.05, 3.63) is 35.4 Å². The average molecular weight is 320 g/mol. The summed E-state index contributed by atoms with van der Waals surface area (Å²) in [6.07, 6.45) is -0.0160. The number of piperidine rings is 1. The van der Waals surface area contributed by atoms with Crippen molar-refractivity contribution in [3.8, 4) is 6.07 Å². The van der Waals surface area contributed by atoms with Gasteiger partial charge in [-0.2, -0.15) is 5.26 Å². The number of nitriles is 1. The number of carbonyl (C=O) groups is 1. The Balaban J connectivity index is 1.90. The van der Waals surface area contributed by atoms with E-state index in [-0.39, 0.29) is 18.0 Å². The van der Waals surface area contributed by atoms with E-state index in [2.05, 4.69) is 6.07 Å². The molecule has 4 nitrogen and oxygen atoms in total. The molecule has 1 saturated carbocycles. The van der Waals surface area contributed by atoms with Crippen molar-refractivity contribution in [3.63, 3.8) is 0 Å². The maximum absolute atomic E-state index is 14.1. The number of halogens is 2. The topological polar surface area (TPSA) is 53.3 Å². The van der Waals surface area contributed by atoms with E-state index in [1.807, 2.05) is 0 Å². The van der Waals surface area contributed by atoms with Gasteiger partial charge in [-0.15, -0.1) is 0 Å². The summed E-state index contributed by atoms with van der Waals surface area (Å²) in [4.78, 5) is 13.6. The van der Waals surface area contributed by atoms with Crippen LogP contribution in [0.5, 0.6) is 0 Å². The first-order chi connectivity index (χ1) is 10.7. The predicted molar refractivity (Wildman–Crippen MR) is 78.5 cm³/mol. The maximum Gasteiger partial charge on any atom is 0.411 e. The van der Waals surface area contributed by atoms with Gasteiger partial charge in [0, 0.05) is 17.9 Å². The van der Waals surface area contributed by atoms with Crippen LogP contribution >= 0.6 is 0 Å². The molecule has 1 saturated heterocycles. The number of benzene rings is 1. The van der Waals surface area contributed by atoms with E-state index in [0.717, 1.165) is 12.1 Å². The minimum Gasteiger partial charge on any atom is -0.444 e. The van der Waals surface area contributed by atoms with Crippen LogP contribution in [0.4, 0.5) is 13.6 Å². The summed E-state index contributed by atoms with van der Waals surface area (Å²) in [5.41, 5.74) is -1.11. The lowest BCUT2D eigenvalue weighted by Crippen LogP contribution is -2.42. The molecule has 0 spiro atoms. The number of amides is 1. The fraction of sp³-hybridized carbons (Fsp3) is 0.529. The van der Waals surface area contributed by atoms with Crippen LogP contribution in [-0.2, 0) is 10.2 Å². The zero-order valence-electron chi connectivity index (χ0n) is 13.3. The first-order valence-electron chi connectivity index (χ1n) is 7.53. The first kappa shape index (κ1) is 15.7. The van der Waals surface area contributed by atoms with Gasteiger partial charge in [-0.25, -0.2) is 13.6 Å². The highest BCUT2D eigenvalue weighted by Crippen LogP contribution is 2.62. The van der Waals surface area contributed by atoms with Crippen LogP contribution in [0, 0.1) is 28.9 Å². The van der Waals surface area contributed by atoms with E-state index < -0.39 is 34.8 Å². The number of rotatable bonds is 1. The van der Waals surface area contributed by atoms with Crippen molar-refractivity contribution in [2.45, 2.75) is 44.2 Å². The van der Waals surface area contributed by atoms with E-state index in [0.29, 0.717) is 6.42 Å². The highest BCUT2D eigenvalue weighted by molar-refractivity contribution is 5.71. The smallest absolute Gasteiger partial charge is 0.411 e. The standard InChI is InChI=1S/C17H18F2N2O2/c1-16(2,3)23-15(22)21-9-17(7-12(17)14(21)8-20)11-6-10(18)4-5-13(11)19/h4-6,12,14H,7,9H2,1-3H3/t12-,14+,17+/m0/s1. The summed E-state index contributed by atoms with van der Waals surface area (Å²) in [5, 5.41) is 9.40. The second-order valence-corrected chi connectivity index (χ2v) is 7.27. The first-order valence-corrected chi connectivity index (χ1v) is 7.53. The van der Waals surface area contributed by atoms with Crippen molar-refractivity contribution in [1.82, 2.24) is 4.90 Å². The van der Waals surface area contributed by atoms with Gasteiger partial charge in [-0.1, -0.05) is 0 Å². The molecule has 2 aliphatic rings. The Bertz CT molecular complexity index is 708. The number of fused-ring (bicyclic) bond motifs is 1. The number of nitrogens with zero attached hydrogens (tertiary/aromatic N) is 2. The highest BCUT2D eigenvalue weighted by Gasteiger charge is 2.68. The third kappa shape index (κ3) is 2.54. The Kier molecular flexibility index (Phi) is 3.36. The molecule has 1 heterocycles. The Morgan fingerprint density at radius 3 is 2.74 bits per heavy atom. The van der Waals surface area contributed by atoms with Crippen molar-refractivity contribution in [1.29, 1.82) is 5.26 Å². The van der Waals surface area contributed by atoms with Gasteiger partial charge in [0.2, 0.25) is 0 Å². The highest BCUT2D eigenvalue weighted by atomic mass is 19.1. The zero-order chi connectivity index (χ0) is 17.0. The van der Waals surface area contributed by atoms with Crippen LogP contribution < -0.4 is 0 Å². The van der Waals surface area contributed by atoms with E-state index in [1.165, 1.54) is 11.0 Å². The Morgan fingerprint density at radius 1 is 1.43 bits per heavy atom. The van der Waals surface area contributed by atoms with E-state index >= 15 is 0 Å². The van der Waals surface area contributed by atoms with Crippen molar-refractivity contribution in [2.75, 3.05) is 6.54 Å². The molecule has 6 heteroatoms. The number of hydrogen-bond donors (Lipinski definition) is 0. The minimum atomic E-state index is -0.679. The largest absolute Gasteiger partial charge is 0.444 e. The second kappa shape index (κ2) is 4.92. The number of carbonyl (C=O) groups excluding carboxylic acids is 1. The molecule has 122 valence electrons. The lowest BCUT2D eigenvalue weighted by molar-refractivity contribution is 0.0229. The lowest BCUT2D eigenvalue weighted by Gasteiger charge is -2.28. The van der Waals surface area contributed by atoms with Gasteiger partial charge in [0.15, 0.2) is 0 Å². The summed E-state index contributed by atoms with van der Waals surface area (Å²) in [5.74, 6) is -1.21. The number of ether oxygens (including phenoxy) is 1. The van der Waals surface area contributed by atoms with Gasteiger partial charge in [-0.05, 0) is 51.0 Å². The predicted octanol–water partition coefficient (Wildman–Crippen LogP) is 3.37. The second-order valence-electron chi connectivity index (χ2n) is 7.27. The molecule has 1 aromatic carbocycles. The molecule has 1 amide bonds. The molecule has 2 fully saturated rings. The lowest BCUT2D eigenvalue weighted by atomic mass is 9.93. The molecule has 23 heavy (non-hydrogen) atoms. The summed E-state index contributed by atoms with van der Waals surface area (Å²) in [6, 6.07) is 4.76. The summed E-state index contributed by atoms with van der Waals surface area (Å²) < 4.78 is 33.0. The molecule has 0 aromatic heterocycles. The maximum atomic E-state index is 14.1. The van der Waals surface area contributed by atoms with Crippen molar-refractivity contribution in [2.24, 2.45) is 5.92 Å². The van der Waals surface area contributed by atoms with Gasteiger partial charge < -0.3 is 4.74 Å². The van der Waals surface area contributed by atoms with Crippen LogP contribution in [0.25, 0.3) is 0 Å². The summed E-state index contributed by atoms with van der Waals surface area (Å²) in [7, 11) is 0. The molecular formula is C17H18F2N2O2. The minimum absolute atomic E-state index is 0.172. The van der Waals surface area contributed by atoms with Gasteiger partial charge in [0.25, 0.3) is 0 Å². The van der Waals surface area contributed by atoms with E-state index in [9.17, 15) is 18.8 Å². The van der Waals surface area contributed by atoms with Crippen molar-refractivity contribution < 1.29 is 18.3 Å². The Morgan fingerprint density at radius 2 is 2.13 bits per heavy atom. The van der Waals surface area contributed by atoms with Gasteiger partial charge in [-0.3, -0.25) is 4.90 Å². The molecular weight excluding hydrogens is 302 g/mol. The average Bonchev–Trinajstić information content (AvgIpc) is 3.07. The molecule has 3 rings (SSSR count).